The van der Waals surface area contributed by atoms with Crippen LogP contribution in [-0.2, 0) is 19.0 Å². The molecule has 3 atom stereocenters. The van der Waals surface area contributed by atoms with Crippen LogP contribution in [-0.4, -0.2) is 99.4 Å². The maximum absolute atomic E-state index is 12.1. The Balaban J connectivity index is 1.03. The fourth-order valence-electron chi connectivity index (χ4n) is 4.83. The van der Waals surface area contributed by atoms with Crippen LogP contribution in [0.4, 0.5) is 4.79 Å². The number of nitrogens with one attached hydrogen (secondary N) is 5. The van der Waals surface area contributed by atoms with Gasteiger partial charge in [0.15, 0.2) is 0 Å². The third-order valence-corrected chi connectivity index (χ3v) is 8.74. The van der Waals surface area contributed by atoms with E-state index >= 15 is 0 Å². The Labute approximate surface area is 253 Å². The number of unbranched alkanes of at least 4 members (excludes halogenated alkanes) is 1. The molecule has 2 aliphatic heterocycles. The SMILES string of the molecule is CC(=N)c1ccc(C(=O)NCCCOCCOCCOCCCNC(=O)CCCCC2SC[C@@H]3C[C@@H]2NC(=O)N3)cc1. The Kier molecular flexibility index (Phi) is 15.7. The van der Waals surface area contributed by atoms with Crippen LogP contribution in [0.25, 0.3) is 0 Å². The first-order valence-electron chi connectivity index (χ1n) is 15.0. The molecule has 2 bridgehead atoms. The van der Waals surface area contributed by atoms with Gasteiger partial charge in [-0.25, -0.2) is 4.79 Å². The molecule has 0 spiro atoms. The summed E-state index contributed by atoms with van der Waals surface area (Å²) in [4.78, 5) is 35.9. The molecular weight excluding hydrogens is 558 g/mol. The smallest absolute Gasteiger partial charge is 0.315 e. The number of thioether (sulfide) groups is 1. The van der Waals surface area contributed by atoms with Gasteiger partial charge in [0.05, 0.1) is 26.4 Å². The van der Waals surface area contributed by atoms with Crippen molar-refractivity contribution in [2.45, 2.75) is 69.2 Å². The van der Waals surface area contributed by atoms with Crippen molar-refractivity contribution in [3.63, 3.8) is 0 Å². The first-order chi connectivity index (χ1) is 20.4. The van der Waals surface area contributed by atoms with Crippen LogP contribution in [0.3, 0.4) is 0 Å². The minimum atomic E-state index is -0.131. The summed E-state index contributed by atoms with van der Waals surface area (Å²) < 4.78 is 16.6. The van der Waals surface area contributed by atoms with Gasteiger partial charge in [0.25, 0.3) is 5.91 Å². The van der Waals surface area contributed by atoms with Gasteiger partial charge in [0.2, 0.25) is 5.91 Å². The fraction of sp³-hybridized carbons (Fsp3) is 0.667. The van der Waals surface area contributed by atoms with Crippen molar-refractivity contribution >= 4 is 35.3 Å². The number of ether oxygens (including phenoxy) is 3. The van der Waals surface area contributed by atoms with Gasteiger partial charge >= 0.3 is 6.03 Å². The molecule has 11 nitrogen and oxygen atoms in total. The Morgan fingerprint density at radius 3 is 2.17 bits per heavy atom. The number of carbonyl (C=O) groups excluding carboxylic acids is 3. The van der Waals surface area contributed by atoms with E-state index in [2.05, 4.69) is 21.3 Å². The summed E-state index contributed by atoms with van der Waals surface area (Å²) in [7, 11) is 0. The first-order valence-corrected chi connectivity index (χ1v) is 16.1. The molecule has 1 aromatic rings. The fourth-order valence-corrected chi connectivity index (χ4v) is 6.27. The quantitative estimate of drug-likeness (QED) is 0.107. The van der Waals surface area contributed by atoms with E-state index in [9.17, 15) is 14.4 Å². The van der Waals surface area contributed by atoms with Crippen LogP contribution in [0.1, 0.15) is 67.8 Å². The standard InChI is InChI=1S/C30H47N5O6S/c1-22(31)23-8-10-24(11-9-23)29(37)33-13-5-15-40-17-19-41-18-16-39-14-4-12-32-28(36)7-3-2-6-27-26-20-25(21-42-27)34-30(38)35-26/h8-11,25-27,31H,2-7,12-21H2,1H3,(H,32,36)(H,33,37)(H2,34,35,38)/t25-,26-,27?/m0/s1. The zero-order valence-corrected chi connectivity index (χ0v) is 25.5. The second-order valence-electron chi connectivity index (χ2n) is 10.6. The number of hydrogen-bond donors (Lipinski definition) is 5. The van der Waals surface area contributed by atoms with Crippen molar-refractivity contribution in [2.24, 2.45) is 0 Å². The van der Waals surface area contributed by atoms with Crippen molar-refractivity contribution in [2.75, 3.05) is 58.5 Å². The van der Waals surface area contributed by atoms with E-state index in [1.807, 2.05) is 11.8 Å². The molecule has 5 N–H and O–H groups in total. The topological polar surface area (TPSA) is 151 Å². The van der Waals surface area contributed by atoms with Gasteiger partial charge in [-0.15, -0.1) is 0 Å². The molecule has 0 radical (unpaired) electrons. The van der Waals surface area contributed by atoms with E-state index in [1.54, 1.807) is 31.2 Å². The van der Waals surface area contributed by atoms with Crippen LogP contribution < -0.4 is 21.3 Å². The summed E-state index contributed by atoms with van der Waals surface area (Å²) in [6.07, 6.45) is 5.89. The van der Waals surface area contributed by atoms with Gasteiger partial charge < -0.3 is 40.9 Å². The summed E-state index contributed by atoms with van der Waals surface area (Å²) >= 11 is 1.93. The zero-order chi connectivity index (χ0) is 30.0. The van der Waals surface area contributed by atoms with Gasteiger partial charge in [-0.2, -0.15) is 11.8 Å². The number of hydrogen-bond acceptors (Lipinski definition) is 8. The van der Waals surface area contributed by atoms with Crippen molar-refractivity contribution in [3.8, 4) is 0 Å². The van der Waals surface area contributed by atoms with Crippen LogP contribution in [0.2, 0.25) is 0 Å². The predicted octanol–water partition coefficient (Wildman–Crippen LogP) is 2.87. The number of benzene rings is 1. The van der Waals surface area contributed by atoms with Gasteiger partial charge in [-0.05, 0) is 56.7 Å². The molecule has 12 heteroatoms. The molecule has 2 saturated heterocycles. The van der Waals surface area contributed by atoms with Crippen LogP contribution in [0.15, 0.2) is 24.3 Å². The molecule has 2 aliphatic rings. The Morgan fingerprint density at radius 1 is 0.881 bits per heavy atom. The largest absolute Gasteiger partial charge is 0.379 e. The number of rotatable bonds is 21. The molecule has 0 aliphatic carbocycles. The molecule has 2 heterocycles. The van der Waals surface area contributed by atoms with E-state index < -0.39 is 0 Å². The number of amides is 4. The van der Waals surface area contributed by atoms with Crippen LogP contribution in [0, 0.1) is 5.41 Å². The normalized spacial score (nSPS) is 19.5. The highest BCUT2D eigenvalue weighted by Crippen LogP contribution is 2.31. The highest BCUT2D eigenvalue weighted by atomic mass is 32.2. The second kappa shape index (κ2) is 19.5. The van der Waals surface area contributed by atoms with Gasteiger partial charge in [0, 0.05) is 67.1 Å². The van der Waals surface area contributed by atoms with Crippen LogP contribution >= 0.6 is 11.8 Å². The lowest BCUT2D eigenvalue weighted by Gasteiger charge is -2.40. The van der Waals surface area contributed by atoms with Gasteiger partial charge in [0.1, 0.15) is 0 Å². The number of fused-ring (bicyclic) bond motifs is 2. The zero-order valence-electron chi connectivity index (χ0n) is 24.7. The summed E-state index contributed by atoms with van der Waals surface area (Å²) in [5.41, 5.74) is 1.86. The van der Waals surface area contributed by atoms with E-state index in [-0.39, 0.29) is 23.9 Å². The van der Waals surface area contributed by atoms with Gasteiger partial charge in [-0.3, -0.25) is 9.59 Å². The molecule has 1 aromatic carbocycles. The first kappa shape index (κ1) is 33.8. The minimum absolute atomic E-state index is 0.0469. The maximum atomic E-state index is 12.1. The summed E-state index contributed by atoms with van der Waals surface area (Å²) in [5.74, 6) is 0.928. The van der Waals surface area contributed by atoms with Crippen molar-refractivity contribution in [3.05, 3.63) is 35.4 Å². The molecule has 3 rings (SSSR count). The monoisotopic (exact) mass is 605 g/mol. The highest BCUT2D eigenvalue weighted by Gasteiger charge is 2.36. The summed E-state index contributed by atoms with van der Waals surface area (Å²) in [6.45, 7) is 5.91. The molecule has 2 fully saturated rings. The van der Waals surface area contributed by atoms with E-state index in [0.717, 1.165) is 43.4 Å². The number of carbonyl (C=O) groups is 3. The average Bonchev–Trinajstić information content (AvgIpc) is 2.98. The van der Waals surface area contributed by atoms with E-state index in [4.69, 9.17) is 19.6 Å². The lowest BCUT2D eigenvalue weighted by atomic mass is 9.98. The third kappa shape index (κ3) is 13.1. The van der Waals surface area contributed by atoms with Crippen LogP contribution in [0.5, 0.6) is 0 Å². The molecule has 4 amide bonds. The highest BCUT2D eigenvalue weighted by molar-refractivity contribution is 8.00. The molecule has 42 heavy (non-hydrogen) atoms. The molecule has 234 valence electrons. The van der Waals surface area contributed by atoms with Crippen molar-refractivity contribution in [1.29, 1.82) is 5.41 Å². The lowest BCUT2D eigenvalue weighted by Crippen LogP contribution is -2.61. The minimum Gasteiger partial charge on any atom is -0.379 e. The van der Waals surface area contributed by atoms with Crippen molar-refractivity contribution < 1.29 is 28.6 Å². The second-order valence-corrected chi connectivity index (χ2v) is 11.9. The van der Waals surface area contributed by atoms with Crippen molar-refractivity contribution in [1.82, 2.24) is 21.3 Å². The maximum Gasteiger partial charge on any atom is 0.315 e. The Bertz CT molecular complexity index is 995. The Morgan fingerprint density at radius 2 is 1.50 bits per heavy atom. The number of urea groups is 1. The van der Waals surface area contributed by atoms with Gasteiger partial charge in [-0.1, -0.05) is 18.6 Å². The molecule has 1 unspecified atom stereocenters. The Hall–Kier alpha value is -2.67. The van der Waals surface area contributed by atoms with E-state index in [1.165, 1.54) is 0 Å². The predicted molar refractivity (Wildman–Crippen MR) is 165 cm³/mol. The molecule has 0 saturated carbocycles. The van der Waals surface area contributed by atoms with E-state index in [0.29, 0.717) is 88.1 Å². The lowest BCUT2D eigenvalue weighted by molar-refractivity contribution is -0.121. The third-order valence-electron chi connectivity index (χ3n) is 7.16. The molecular formula is C30H47N5O6S. The average molecular weight is 606 g/mol. The molecule has 0 aromatic heterocycles. The summed E-state index contributed by atoms with van der Waals surface area (Å²) in [5, 5.41) is 19.9. The summed E-state index contributed by atoms with van der Waals surface area (Å²) in [6, 6.07) is 7.51.